The first kappa shape index (κ1) is 12.9. The molecule has 0 fully saturated rings. The molecule has 0 bridgehead atoms. The lowest BCUT2D eigenvalue weighted by molar-refractivity contribution is -0.119. The Morgan fingerprint density at radius 1 is 1.62 bits per heavy atom. The molecule has 1 unspecified atom stereocenters. The average Bonchev–Trinajstić information content (AvgIpc) is 2.24. The van der Waals surface area contributed by atoms with E-state index < -0.39 is 5.82 Å². The number of anilines is 1. The quantitative estimate of drug-likeness (QED) is 0.857. The van der Waals surface area contributed by atoms with Gasteiger partial charge in [-0.2, -0.15) is 0 Å². The largest absolute Gasteiger partial charge is 0.330 e. The van der Waals surface area contributed by atoms with Crippen LogP contribution < -0.4 is 11.1 Å². The number of hydrogen-bond acceptors (Lipinski definition) is 2. The third-order valence-electron chi connectivity index (χ3n) is 2.31. The molecule has 0 aliphatic carbocycles. The van der Waals surface area contributed by atoms with E-state index in [2.05, 4.69) is 5.32 Å². The predicted molar refractivity (Wildman–Crippen MR) is 63.0 cm³/mol. The van der Waals surface area contributed by atoms with Gasteiger partial charge in [0.1, 0.15) is 5.82 Å². The Balaban J connectivity index is 2.90. The van der Waals surface area contributed by atoms with Crippen molar-refractivity contribution in [1.82, 2.24) is 0 Å². The van der Waals surface area contributed by atoms with Crippen LogP contribution in [0.25, 0.3) is 0 Å². The van der Waals surface area contributed by atoms with Gasteiger partial charge in [-0.25, -0.2) is 4.39 Å². The molecular weight excluding hydrogens is 231 g/mol. The summed E-state index contributed by atoms with van der Waals surface area (Å²) < 4.78 is 13.3. The van der Waals surface area contributed by atoms with Crippen molar-refractivity contribution in [3.8, 4) is 0 Å². The van der Waals surface area contributed by atoms with Crippen LogP contribution in [0.15, 0.2) is 12.1 Å². The molecule has 3 nitrogen and oxygen atoms in total. The number of rotatable bonds is 3. The Kier molecular flexibility index (Phi) is 4.26. The molecule has 5 heteroatoms. The van der Waals surface area contributed by atoms with Crippen LogP contribution in [0.2, 0.25) is 5.02 Å². The van der Waals surface area contributed by atoms with E-state index in [1.54, 1.807) is 13.8 Å². The highest BCUT2D eigenvalue weighted by atomic mass is 35.5. The Bertz CT molecular complexity index is 409. The van der Waals surface area contributed by atoms with Gasteiger partial charge in [0.25, 0.3) is 0 Å². The molecule has 88 valence electrons. The van der Waals surface area contributed by atoms with Gasteiger partial charge in [0.05, 0.1) is 10.7 Å². The third-order valence-corrected chi connectivity index (χ3v) is 2.62. The van der Waals surface area contributed by atoms with E-state index in [1.807, 2.05) is 0 Å². The van der Waals surface area contributed by atoms with E-state index in [-0.39, 0.29) is 24.1 Å². The first-order valence-electron chi connectivity index (χ1n) is 4.92. The fourth-order valence-corrected chi connectivity index (χ4v) is 1.37. The molecule has 0 radical (unpaired) electrons. The SMILES string of the molecule is Cc1cc(Cl)c(NC(=O)C(C)CN)cc1F. The molecule has 1 aromatic carbocycles. The monoisotopic (exact) mass is 244 g/mol. The molecule has 0 saturated carbocycles. The van der Waals surface area contributed by atoms with Crippen molar-refractivity contribution in [3.63, 3.8) is 0 Å². The molecule has 0 spiro atoms. The van der Waals surface area contributed by atoms with Crippen LogP contribution in [-0.2, 0) is 4.79 Å². The zero-order valence-corrected chi connectivity index (χ0v) is 9.94. The van der Waals surface area contributed by atoms with Crippen LogP contribution in [0.1, 0.15) is 12.5 Å². The van der Waals surface area contributed by atoms with Crippen LogP contribution in [0, 0.1) is 18.7 Å². The fraction of sp³-hybridized carbons (Fsp3) is 0.364. The first-order chi connectivity index (χ1) is 7.45. The van der Waals surface area contributed by atoms with Gasteiger partial charge in [-0.05, 0) is 24.6 Å². The van der Waals surface area contributed by atoms with Crippen molar-refractivity contribution >= 4 is 23.2 Å². The smallest absolute Gasteiger partial charge is 0.228 e. The fourth-order valence-electron chi connectivity index (χ4n) is 1.11. The lowest BCUT2D eigenvalue weighted by atomic mass is 10.1. The number of halogens is 2. The summed E-state index contributed by atoms with van der Waals surface area (Å²) in [4.78, 5) is 11.5. The molecule has 0 aliphatic rings. The maximum atomic E-state index is 13.3. The Hall–Kier alpha value is -1.13. The van der Waals surface area contributed by atoms with Crippen molar-refractivity contribution in [2.24, 2.45) is 11.7 Å². The highest BCUT2D eigenvalue weighted by Gasteiger charge is 2.13. The lowest BCUT2D eigenvalue weighted by Gasteiger charge is -2.12. The van der Waals surface area contributed by atoms with Gasteiger partial charge in [0, 0.05) is 12.5 Å². The molecule has 0 aromatic heterocycles. The van der Waals surface area contributed by atoms with Gasteiger partial charge in [-0.15, -0.1) is 0 Å². The number of nitrogens with one attached hydrogen (secondary N) is 1. The molecule has 0 saturated heterocycles. The third kappa shape index (κ3) is 2.93. The summed E-state index contributed by atoms with van der Waals surface area (Å²) in [7, 11) is 0. The second-order valence-corrected chi connectivity index (χ2v) is 4.11. The summed E-state index contributed by atoms with van der Waals surface area (Å²) >= 11 is 5.88. The topological polar surface area (TPSA) is 55.1 Å². The molecule has 3 N–H and O–H groups in total. The van der Waals surface area contributed by atoms with Crippen LogP contribution in [0.5, 0.6) is 0 Å². The summed E-state index contributed by atoms with van der Waals surface area (Å²) in [5.74, 6) is -1.01. The van der Waals surface area contributed by atoms with E-state index in [9.17, 15) is 9.18 Å². The Labute approximate surface area is 98.8 Å². The van der Waals surface area contributed by atoms with Gasteiger partial charge in [-0.3, -0.25) is 4.79 Å². The molecule has 1 rings (SSSR count). The van der Waals surface area contributed by atoms with E-state index in [1.165, 1.54) is 12.1 Å². The van der Waals surface area contributed by atoms with Gasteiger partial charge in [0.2, 0.25) is 5.91 Å². The maximum absolute atomic E-state index is 13.3. The van der Waals surface area contributed by atoms with Crippen molar-refractivity contribution < 1.29 is 9.18 Å². The second kappa shape index (κ2) is 5.27. The lowest BCUT2D eigenvalue weighted by Crippen LogP contribution is -2.26. The van der Waals surface area contributed by atoms with Crippen LogP contribution >= 0.6 is 11.6 Å². The van der Waals surface area contributed by atoms with Crippen LogP contribution in [0.3, 0.4) is 0 Å². The summed E-state index contributed by atoms with van der Waals surface area (Å²) in [6.45, 7) is 3.53. The van der Waals surface area contributed by atoms with Crippen molar-refractivity contribution in [3.05, 3.63) is 28.5 Å². The normalized spacial score (nSPS) is 12.3. The van der Waals surface area contributed by atoms with Gasteiger partial charge in [-0.1, -0.05) is 18.5 Å². The van der Waals surface area contributed by atoms with Gasteiger partial charge >= 0.3 is 0 Å². The number of nitrogens with two attached hydrogens (primary N) is 1. The molecular formula is C11H14ClFN2O. The van der Waals surface area contributed by atoms with E-state index in [0.717, 1.165) is 0 Å². The molecule has 0 heterocycles. The van der Waals surface area contributed by atoms with E-state index >= 15 is 0 Å². The average molecular weight is 245 g/mol. The minimum atomic E-state index is -0.403. The molecule has 16 heavy (non-hydrogen) atoms. The van der Waals surface area contributed by atoms with Crippen LogP contribution in [-0.4, -0.2) is 12.5 Å². The molecule has 1 amide bonds. The summed E-state index contributed by atoms with van der Waals surface area (Å²) in [5, 5.41) is 2.85. The minimum absolute atomic E-state index is 0.234. The zero-order valence-electron chi connectivity index (χ0n) is 9.18. The number of carbonyl (C=O) groups is 1. The second-order valence-electron chi connectivity index (χ2n) is 3.71. The molecule has 1 atom stereocenters. The number of amides is 1. The maximum Gasteiger partial charge on any atom is 0.228 e. The number of hydrogen-bond donors (Lipinski definition) is 2. The number of benzene rings is 1. The van der Waals surface area contributed by atoms with Crippen LogP contribution in [0.4, 0.5) is 10.1 Å². The summed E-state index contributed by atoms with van der Waals surface area (Å²) in [5.41, 5.74) is 6.06. The zero-order chi connectivity index (χ0) is 12.3. The minimum Gasteiger partial charge on any atom is -0.330 e. The number of carbonyl (C=O) groups excluding carboxylic acids is 1. The van der Waals surface area contributed by atoms with Crippen molar-refractivity contribution in [2.45, 2.75) is 13.8 Å². The summed E-state index contributed by atoms with van der Waals surface area (Å²) in [6, 6.07) is 2.68. The van der Waals surface area contributed by atoms with E-state index in [4.69, 9.17) is 17.3 Å². The van der Waals surface area contributed by atoms with Crippen molar-refractivity contribution in [1.29, 1.82) is 0 Å². The molecule has 1 aromatic rings. The summed E-state index contributed by atoms with van der Waals surface area (Å²) in [6.07, 6.45) is 0. The van der Waals surface area contributed by atoms with Gasteiger partial charge in [0.15, 0.2) is 0 Å². The molecule has 0 aliphatic heterocycles. The van der Waals surface area contributed by atoms with Gasteiger partial charge < -0.3 is 11.1 Å². The Morgan fingerprint density at radius 3 is 2.81 bits per heavy atom. The Morgan fingerprint density at radius 2 is 2.25 bits per heavy atom. The first-order valence-corrected chi connectivity index (χ1v) is 5.30. The highest BCUT2D eigenvalue weighted by Crippen LogP contribution is 2.25. The highest BCUT2D eigenvalue weighted by molar-refractivity contribution is 6.33. The number of aryl methyl sites for hydroxylation is 1. The van der Waals surface area contributed by atoms with E-state index in [0.29, 0.717) is 10.6 Å². The van der Waals surface area contributed by atoms with Crippen molar-refractivity contribution in [2.75, 3.05) is 11.9 Å². The standard InChI is InChI=1S/C11H14ClFN2O/c1-6-3-8(12)10(4-9(6)13)15-11(16)7(2)5-14/h3-4,7H,5,14H2,1-2H3,(H,15,16). The predicted octanol–water partition coefficient (Wildman–Crippen LogP) is 2.32.